The molecule has 1 N–H and O–H groups in total. The molecule has 0 saturated carbocycles. The third kappa shape index (κ3) is 4.89. The maximum Gasteiger partial charge on any atom is 0.230 e. The van der Waals surface area contributed by atoms with Crippen molar-refractivity contribution in [1.29, 1.82) is 0 Å². The third-order valence-electron chi connectivity index (χ3n) is 2.97. The summed E-state index contributed by atoms with van der Waals surface area (Å²) in [5, 5.41) is 9.02. The maximum absolute atomic E-state index is 12.2. The fourth-order valence-corrected chi connectivity index (χ4v) is 3.68. The Hall–Kier alpha value is -1.27. The van der Waals surface area contributed by atoms with Crippen LogP contribution in [-0.2, 0) is 10.5 Å². The number of nitrogens with zero attached hydrogens (tertiary/aromatic N) is 1. The fraction of sp³-hybridized carbons (Fsp3) is 0.467. The summed E-state index contributed by atoms with van der Waals surface area (Å²) in [6, 6.07) is 5.94. The minimum absolute atomic E-state index is 0.0166. The molecule has 21 heavy (non-hydrogen) atoms. The van der Waals surface area contributed by atoms with Gasteiger partial charge in [-0.25, -0.2) is 0 Å². The zero-order chi connectivity index (χ0) is 15.3. The highest BCUT2D eigenvalue weighted by Gasteiger charge is 2.28. The molecule has 0 saturated heterocycles. The topological polar surface area (TPSA) is 55.1 Å². The van der Waals surface area contributed by atoms with E-state index in [0.717, 1.165) is 5.69 Å². The van der Waals surface area contributed by atoms with E-state index < -0.39 is 0 Å². The van der Waals surface area contributed by atoms with Gasteiger partial charge in [-0.1, -0.05) is 32.0 Å². The van der Waals surface area contributed by atoms with E-state index in [1.54, 1.807) is 17.6 Å². The van der Waals surface area contributed by atoms with Crippen LogP contribution in [0.15, 0.2) is 34.4 Å². The smallest absolute Gasteiger partial charge is 0.230 e. The molecular weight excluding hydrogens is 304 g/mol. The van der Waals surface area contributed by atoms with Gasteiger partial charge < -0.3 is 9.84 Å². The molecule has 0 radical (unpaired) electrons. The van der Waals surface area contributed by atoms with Crippen LogP contribution in [0.2, 0.25) is 0 Å². The van der Waals surface area contributed by atoms with Crippen molar-refractivity contribution in [2.24, 2.45) is 5.41 Å². The lowest BCUT2D eigenvalue weighted by Gasteiger charge is -2.30. The van der Waals surface area contributed by atoms with E-state index in [2.05, 4.69) is 37.3 Å². The number of carbonyl (C=O) groups is 1. The number of thiophene rings is 1. The molecular formula is C15H20N2O2S2. The van der Waals surface area contributed by atoms with Crippen molar-refractivity contribution in [1.82, 2.24) is 10.5 Å². The van der Waals surface area contributed by atoms with Crippen molar-refractivity contribution < 1.29 is 9.32 Å². The molecule has 2 rings (SSSR count). The highest BCUT2D eigenvalue weighted by Crippen LogP contribution is 2.35. The van der Waals surface area contributed by atoms with E-state index in [9.17, 15) is 4.79 Å². The van der Waals surface area contributed by atoms with Crippen LogP contribution >= 0.6 is 23.1 Å². The lowest BCUT2D eigenvalue weighted by Crippen LogP contribution is -2.37. The first kappa shape index (κ1) is 16.1. The average Bonchev–Trinajstić information content (AvgIpc) is 3.07. The van der Waals surface area contributed by atoms with Crippen molar-refractivity contribution in [3.63, 3.8) is 0 Å². The second kappa shape index (κ2) is 7.13. The minimum Gasteiger partial charge on any atom is -0.364 e. The summed E-state index contributed by atoms with van der Waals surface area (Å²) in [7, 11) is 0. The predicted octanol–water partition coefficient (Wildman–Crippen LogP) is 3.87. The van der Waals surface area contributed by atoms with Gasteiger partial charge in [-0.15, -0.1) is 23.1 Å². The van der Waals surface area contributed by atoms with Crippen LogP contribution in [0.3, 0.4) is 0 Å². The molecule has 6 heteroatoms. The number of hydrogen-bond acceptors (Lipinski definition) is 5. The Bertz CT molecular complexity index is 545. The van der Waals surface area contributed by atoms with Crippen LogP contribution in [0.4, 0.5) is 0 Å². The number of nitrogens with one attached hydrogen (secondary N) is 1. The molecule has 2 heterocycles. The Labute approximate surface area is 133 Å². The highest BCUT2D eigenvalue weighted by atomic mass is 32.2. The minimum atomic E-state index is -0.0166. The Morgan fingerprint density at radius 2 is 2.29 bits per heavy atom. The molecule has 0 aliphatic rings. The van der Waals surface area contributed by atoms with Crippen molar-refractivity contribution in [3.05, 3.63) is 40.4 Å². The van der Waals surface area contributed by atoms with Gasteiger partial charge in [0, 0.05) is 16.7 Å². The van der Waals surface area contributed by atoms with E-state index in [0.29, 0.717) is 11.5 Å². The number of aromatic nitrogens is 1. The monoisotopic (exact) mass is 324 g/mol. The molecule has 0 spiro atoms. The van der Waals surface area contributed by atoms with Crippen LogP contribution in [-0.4, -0.2) is 16.8 Å². The van der Waals surface area contributed by atoms with Crippen LogP contribution in [0.25, 0.3) is 0 Å². The van der Waals surface area contributed by atoms with Gasteiger partial charge in [0.1, 0.15) is 6.26 Å². The Balaban J connectivity index is 1.87. The second-order valence-corrected chi connectivity index (χ2v) is 7.83. The van der Waals surface area contributed by atoms with E-state index in [4.69, 9.17) is 4.52 Å². The first-order valence-electron chi connectivity index (χ1n) is 6.76. The summed E-state index contributed by atoms with van der Waals surface area (Å²) in [5.74, 6) is 1.16. The summed E-state index contributed by atoms with van der Waals surface area (Å²) in [5.41, 5.74) is 0.843. The normalized spacial score (nSPS) is 13.1. The van der Waals surface area contributed by atoms with E-state index in [1.165, 1.54) is 16.6 Å². The van der Waals surface area contributed by atoms with Gasteiger partial charge in [-0.3, -0.25) is 4.79 Å². The maximum atomic E-state index is 12.2. The third-order valence-corrected chi connectivity index (χ3v) is 4.88. The molecule has 0 aromatic carbocycles. The molecule has 4 nitrogen and oxygen atoms in total. The summed E-state index contributed by atoms with van der Waals surface area (Å²) < 4.78 is 4.77. The van der Waals surface area contributed by atoms with Crippen molar-refractivity contribution in [3.8, 4) is 0 Å². The fourth-order valence-electron chi connectivity index (χ4n) is 1.93. The first-order valence-corrected chi connectivity index (χ1v) is 8.80. The number of carbonyl (C=O) groups excluding carboxylic acids is 1. The van der Waals surface area contributed by atoms with Gasteiger partial charge in [0.15, 0.2) is 0 Å². The summed E-state index contributed by atoms with van der Waals surface area (Å²) in [6.07, 6.45) is 1.54. The number of rotatable bonds is 6. The van der Waals surface area contributed by atoms with Crippen molar-refractivity contribution >= 4 is 29.0 Å². The van der Waals surface area contributed by atoms with Gasteiger partial charge in [-0.05, 0) is 16.9 Å². The zero-order valence-corrected chi connectivity index (χ0v) is 14.1. The summed E-state index contributed by atoms with van der Waals surface area (Å²) >= 11 is 3.22. The highest BCUT2D eigenvalue weighted by molar-refractivity contribution is 7.99. The second-order valence-electron chi connectivity index (χ2n) is 5.87. The van der Waals surface area contributed by atoms with Gasteiger partial charge in [-0.2, -0.15) is 0 Å². The lowest BCUT2D eigenvalue weighted by molar-refractivity contribution is -0.120. The molecule has 0 fully saturated rings. The van der Waals surface area contributed by atoms with Gasteiger partial charge in [0.2, 0.25) is 5.91 Å². The van der Waals surface area contributed by atoms with Crippen LogP contribution in [0.1, 0.15) is 37.4 Å². The SMILES string of the molecule is CC(C)(C)[C@@H](NC(=O)CSCc1ccon1)c1cccs1. The van der Waals surface area contributed by atoms with Gasteiger partial charge in [0.25, 0.3) is 0 Å². The van der Waals surface area contributed by atoms with Crippen molar-refractivity contribution in [2.75, 3.05) is 5.75 Å². The van der Waals surface area contributed by atoms with E-state index >= 15 is 0 Å². The molecule has 1 amide bonds. The van der Waals surface area contributed by atoms with Crippen LogP contribution in [0, 0.1) is 5.41 Å². The summed E-state index contributed by atoms with van der Waals surface area (Å²) in [4.78, 5) is 13.3. The van der Waals surface area contributed by atoms with E-state index in [1.807, 2.05) is 17.5 Å². The first-order chi connectivity index (χ1) is 9.97. The largest absolute Gasteiger partial charge is 0.364 e. The lowest BCUT2D eigenvalue weighted by atomic mass is 9.86. The molecule has 2 aromatic heterocycles. The molecule has 114 valence electrons. The average molecular weight is 324 g/mol. The molecule has 0 aliphatic heterocycles. The van der Waals surface area contributed by atoms with Gasteiger partial charge in [0.05, 0.1) is 17.5 Å². The van der Waals surface area contributed by atoms with Gasteiger partial charge >= 0.3 is 0 Å². The van der Waals surface area contributed by atoms with Crippen LogP contribution < -0.4 is 5.32 Å². The Morgan fingerprint density at radius 1 is 1.48 bits per heavy atom. The molecule has 0 unspecified atom stereocenters. The molecule has 2 aromatic rings. The number of hydrogen-bond donors (Lipinski definition) is 1. The summed E-state index contributed by atoms with van der Waals surface area (Å²) in [6.45, 7) is 6.42. The zero-order valence-electron chi connectivity index (χ0n) is 12.5. The van der Waals surface area contributed by atoms with E-state index in [-0.39, 0.29) is 17.4 Å². The standard InChI is InChI=1S/C15H20N2O2S2/c1-15(2,3)14(12-5-4-8-21-12)16-13(18)10-20-9-11-6-7-19-17-11/h4-8,14H,9-10H2,1-3H3,(H,16,18)/t14-/m0/s1. The Kier molecular flexibility index (Phi) is 5.47. The number of thioether (sulfide) groups is 1. The molecule has 0 aliphatic carbocycles. The number of amides is 1. The Morgan fingerprint density at radius 3 is 2.86 bits per heavy atom. The molecule has 1 atom stereocenters. The predicted molar refractivity (Wildman–Crippen MR) is 87.3 cm³/mol. The van der Waals surface area contributed by atoms with Crippen molar-refractivity contribution in [2.45, 2.75) is 32.6 Å². The quantitative estimate of drug-likeness (QED) is 0.876. The van der Waals surface area contributed by atoms with Crippen LogP contribution in [0.5, 0.6) is 0 Å². The molecule has 0 bridgehead atoms.